The van der Waals surface area contributed by atoms with E-state index in [-0.39, 0.29) is 30.3 Å². The van der Waals surface area contributed by atoms with Gasteiger partial charge < -0.3 is 9.13 Å². The first-order chi connectivity index (χ1) is 13.6. The predicted octanol–water partition coefficient (Wildman–Crippen LogP) is 3.69. The first-order valence-corrected chi connectivity index (χ1v) is 9.04. The monoisotopic (exact) mass is 369 g/mol. The highest BCUT2D eigenvalue weighted by molar-refractivity contribution is 5.97. The fourth-order valence-corrected chi connectivity index (χ4v) is 3.33. The molecule has 0 fully saturated rings. The van der Waals surface area contributed by atoms with Crippen molar-refractivity contribution in [3.8, 4) is 0 Å². The molecule has 0 radical (unpaired) electrons. The second-order valence-corrected chi connectivity index (χ2v) is 6.56. The Morgan fingerprint density at radius 1 is 0.607 bits per heavy atom. The molecule has 0 amide bonds. The van der Waals surface area contributed by atoms with E-state index < -0.39 is 0 Å². The zero-order chi connectivity index (χ0) is 19.5. The van der Waals surface area contributed by atoms with E-state index in [1.54, 1.807) is 33.4 Å². The van der Waals surface area contributed by atoms with Crippen LogP contribution in [0.25, 0.3) is 11.0 Å². The Hall–Kier alpha value is -3.73. The van der Waals surface area contributed by atoms with Gasteiger partial charge in [0, 0.05) is 11.1 Å². The van der Waals surface area contributed by atoms with Gasteiger partial charge in [0.1, 0.15) is 0 Å². The molecule has 1 aromatic heterocycles. The van der Waals surface area contributed by atoms with Gasteiger partial charge in [0.05, 0.1) is 24.1 Å². The van der Waals surface area contributed by atoms with Crippen LogP contribution in [0.4, 0.5) is 0 Å². The highest BCUT2D eigenvalue weighted by Gasteiger charge is 2.16. The number of carbonyl (C=O) groups excluding carboxylic acids is 2. The molecule has 28 heavy (non-hydrogen) atoms. The number of nitrogens with one attached hydrogen (secondary N) is 1. The number of benzene rings is 3. The summed E-state index contributed by atoms with van der Waals surface area (Å²) < 4.78 is 3.31. The lowest BCUT2D eigenvalue weighted by Gasteiger charge is -2.05. The molecule has 1 N–H and O–H groups in total. The van der Waals surface area contributed by atoms with Crippen LogP contribution in [0.1, 0.15) is 20.7 Å². The quantitative estimate of drug-likeness (QED) is 0.527. The maximum atomic E-state index is 12.7. The Morgan fingerprint density at radius 2 is 0.964 bits per heavy atom. The van der Waals surface area contributed by atoms with Crippen molar-refractivity contribution in [1.82, 2.24) is 9.13 Å². The van der Waals surface area contributed by atoms with Gasteiger partial charge in [0.15, 0.2) is 11.6 Å². The average Bonchev–Trinajstić information content (AvgIpc) is 3.01. The van der Waals surface area contributed by atoms with Gasteiger partial charge in [0.2, 0.25) is 5.62 Å². The van der Waals surface area contributed by atoms with E-state index in [0.29, 0.717) is 11.1 Å². The largest absolute Gasteiger partial charge is 0.303 e. The number of imidazole rings is 1. The minimum Gasteiger partial charge on any atom is -0.303 e. The van der Waals surface area contributed by atoms with Crippen molar-refractivity contribution in [3.63, 3.8) is 0 Å². The molecule has 0 bridgehead atoms. The molecule has 0 aliphatic rings. The number of carbonyl (C=O) groups is 2. The summed E-state index contributed by atoms with van der Waals surface area (Å²) in [6, 6.07) is 25.6. The zero-order valence-electron chi connectivity index (χ0n) is 15.2. The number of hydrogen-bond acceptors (Lipinski definition) is 3. The molecule has 1 heterocycles. The highest BCUT2D eigenvalue weighted by atomic mass is 16.1. The Morgan fingerprint density at radius 3 is 1.36 bits per heavy atom. The Kier molecular flexibility index (Phi) is 4.72. The molecule has 0 spiro atoms. The summed E-state index contributed by atoms with van der Waals surface area (Å²) in [7, 11) is 0. The first kappa shape index (κ1) is 17.7. The lowest BCUT2D eigenvalue weighted by molar-refractivity contribution is 0.0970. The van der Waals surface area contributed by atoms with Crippen molar-refractivity contribution in [2.75, 3.05) is 0 Å². The maximum Gasteiger partial charge on any atom is 0.203 e. The van der Waals surface area contributed by atoms with Crippen molar-refractivity contribution in [2.45, 2.75) is 13.1 Å². The van der Waals surface area contributed by atoms with E-state index >= 15 is 0 Å². The minimum absolute atomic E-state index is 0.0515. The molecule has 5 heteroatoms. The van der Waals surface area contributed by atoms with E-state index in [1.165, 1.54) is 0 Å². The Labute approximate surface area is 162 Å². The SMILES string of the molecule is N=c1n(CC(=O)c2ccccc2)c2ccccc2n1CC(=O)c1ccccc1. The number of fused-ring (bicyclic) bond motifs is 1. The number of aromatic nitrogens is 2. The van der Waals surface area contributed by atoms with E-state index in [9.17, 15) is 9.59 Å². The average molecular weight is 369 g/mol. The highest BCUT2D eigenvalue weighted by Crippen LogP contribution is 2.15. The molecule has 0 aliphatic heterocycles. The molecule has 3 aromatic carbocycles. The zero-order valence-corrected chi connectivity index (χ0v) is 15.2. The van der Waals surface area contributed by atoms with Gasteiger partial charge in [-0.05, 0) is 12.1 Å². The topological polar surface area (TPSA) is 67.8 Å². The molecular weight excluding hydrogens is 350 g/mol. The van der Waals surface area contributed by atoms with Gasteiger partial charge in [0.25, 0.3) is 0 Å². The predicted molar refractivity (Wildman–Crippen MR) is 107 cm³/mol. The van der Waals surface area contributed by atoms with Gasteiger partial charge in [-0.15, -0.1) is 0 Å². The number of hydrogen-bond donors (Lipinski definition) is 1. The normalized spacial score (nSPS) is 10.9. The fourth-order valence-electron chi connectivity index (χ4n) is 3.33. The summed E-state index contributed by atoms with van der Waals surface area (Å²) in [6.45, 7) is 0.103. The van der Waals surface area contributed by atoms with Crippen LogP contribution < -0.4 is 5.62 Å². The fraction of sp³-hybridized carbons (Fsp3) is 0.0870. The summed E-state index contributed by atoms with van der Waals surface area (Å²) in [6.07, 6.45) is 0. The number of ketones is 2. The van der Waals surface area contributed by atoms with Crippen LogP contribution in [0.5, 0.6) is 0 Å². The van der Waals surface area contributed by atoms with E-state index in [2.05, 4.69) is 0 Å². The van der Waals surface area contributed by atoms with E-state index in [0.717, 1.165) is 11.0 Å². The van der Waals surface area contributed by atoms with Crippen molar-refractivity contribution in [2.24, 2.45) is 0 Å². The molecule has 0 saturated carbocycles. The molecular formula is C23H19N3O2. The van der Waals surface area contributed by atoms with E-state index in [1.807, 2.05) is 60.7 Å². The van der Waals surface area contributed by atoms with Crippen LogP contribution in [0.15, 0.2) is 84.9 Å². The van der Waals surface area contributed by atoms with Crippen LogP contribution >= 0.6 is 0 Å². The van der Waals surface area contributed by atoms with Crippen molar-refractivity contribution >= 4 is 22.6 Å². The Balaban J connectivity index is 1.73. The summed E-state index contributed by atoms with van der Waals surface area (Å²) >= 11 is 0. The van der Waals surface area contributed by atoms with Crippen molar-refractivity contribution in [1.29, 1.82) is 5.41 Å². The molecule has 4 rings (SSSR count). The van der Waals surface area contributed by atoms with Gasteiger partial charge in [-0.3, -0.25) is 15.0 Å². The van der Waals surface area contributed by atoms with Crippen LogP contribution in [-0.2, 0) is 13.1 Å². The summed E-state index contributed by atoms with van der Waals surface area (Å²) in [5.74, 6) is -0.146. The van der Waals surface area contributed by atoms with Crippen LogP contribution in [-0.4, -0.2) is 20.7 Å². The maximum absolute atomic E-state index is 12.7. The van der Waals surface area contributed by atoms with E-state index in [4.69, 9.17) is 5.41 Å². The third-order valence-electron chi connectivity index (χ3n) is 4.77. The summed E-state index contributed by atoms with van der Waals surface area (Å²) in [5.41, 5.74) is 2.86. The molecule has 138 valence electrons. The third kappa shape index (κ3) is 3.30. The van der Waals surface area contributed by atoms with Crippen molar-refractivity contribution < 1.29 is 9.59 Å². The second kappa shape index (κ2) is 7.48. The standard InChI is InChI=1S/C23H19N3O2/c24-23-25(15-21(27)17-9-3-1-4-10-17)19-13-7-8-14-20(19)26(23)16-22(28)18-11-5-2-6-12-18/h1-14,24H,15-16H2. The lowest BCUT2D eigenvalue weighted by Crippen LogP contribution is -2.29. The Bertz CT molecular complexity index is 1110. The van der Waals surface area contributed by atoms with Gasteiger partial charge >= 0.3 is 0 Å². The van der Waals surface area contributed by atoms with Crippen molar-refractivity contribution in [3.05, 3.63) is 102 Å². The van der Waals surface area contributed by atoms with Crippen LogP contribution in [0.2, 0.25) is 0 Å². The molecule has 0 atom stereocenters. The third-order valence-corrected chi connectivity index (χ3v) is 4.77. The second-order valence-electron chi connectivity index (χ2n) is 6.56. The number of para-hydroxylation sites is 2. The smallest absolute Gasteiger partial charge is 0.203 e. The molecule has 4 aromatic rings. The first-order valence-electron chi connectivity index (χ1n) is 9.04. The number of nitrogens with zero attached hydrogens (tertiary/aromatic N) is 2. The van der Waals surface area contributed by atoms with Crippen LogP contribution in [0, 0.1) is 5.41 Å². The molecule has 0 saturated heterocycles. The van der Waals surface area contributed by atoms with Gasteiger partial charge in [-0.1, -0.05) is 72.8 Å². The molecule has 0 unspecified atom stereocenters. The minimum atomic E-state index is -0.0728. The lowest BCUT2D eigenvalue weighted by atomic mass is 10.1. The molecule has 5 nitrogen and oxygen atoms in total. The van der Waals surface area contributed by atoms with Gasteiger partial charge in [-0.2, -0.15) is 0 Å². The number of Topliss-reactive ketones (excluding diaryl/α,β-unsaturated/α-hetero) is 2. The number of rotatable bonds is 6. The molecule has 0 aliphatic carbocycles. The van der Waals surface area contributed by atoms with Crippen LogP contribution in [0.3, 0.4) is 0 Å². The summed E-state index contributed by atoms with van der Waals surface area (Å²) in [4.78, 5) is 25.4. The van der Waals surface area contributed by atoms with Gasteiger partial charge in [-0.25, -0.2) is 0 Å². The summed E-state index contributed by atoms with van der Waals surface area (Å²) in [5, 5.41) is 8.61.